The van der Waals surface area contributed by atoms with Gasteiger partial charge in [0, 0.05) is 37.7 Å². The van der Waals surface area contributed by atoms with E-state index in [2.05, 4.69) is 23.7 Å². The second-order valence-electron chi connectivity index (χ2n) is 5.33. The lowest BCUT2D eigenvalue weighted by Gasteiger charge is -2.21. The van der Waals surface area contributed by atoms with E-state index < -0.39 is 0 Å². The number of fused-ring (bicyclic) bond motifs is 1. The van der Waals surface area contributed by atoms with Gasteiger partial charge in [0.2, 0.25) is 0 Å². The second-order valence-corrected chi connectivity index (χ2v) is 5.33. The lowest BCUT2D eigenvalue weighted by Crippen LogP contribution is -2.26. The third-order valence-electron chi connectivity index (χ3n) is 3.74. The summed E-state index contributed by atoms with van der Waals surface area (Å²) in [5.74, 6) is 1.73. The lowest BCUT2D eigenvalue weighted by molar-refractivity contribution is 0.185. The number of rotatable bonds is 2. The smallest absolute Gasteiger partial charge is 0.112 e. The van der Waals surface area contributed by atoms with Crippen LogP contribution in [-0.4, -0.2) is 29.3 Å². The monoisotopic (exact) mass is 235 g/mol. The molecule has 4 heteroatoms. The van der Waals surface area contributed by atoms with Gasteiger partial charge in [-0.2, -0.15) is 0 Å². The van der Waals surface area contributed by atoms with E-state index in [0.717, 1.165) is 39.1 Å². The molecular formula is C13H21N3O. The Balaban J connectivity index is 2.05. The molecule has 0 aliphatic carbocycles. The molecule has 1 saturated heterocycles. The van der Waals surface area contributed by atoms with Gasteiger partial charge in [-0.3, -0.25) is 0 Å². The summed E-state index contributed by atoms with van der Waals surface area (Å²) in [5, 5.41) is 3.40. The van der Waals surface area contributed by atoms with Gasteiger partial charge in [-0.1, -0.05) is 13.8 Å². The molecule has 1 aromatic heterocycles. The Kier molecular flexibility index (Phi) is 2.92. The largest absolute Gasteiger partial charge is 0.379 e. The summed E-state index contributed by atoms with van der Waals surface area (Å²) in [7, 11) is 0. The molecule has 0 saturated carbocycles. The van der Waals surface area contributed by atoms with Crippen molar-refractivity contribution < 1.29 is 4.74 Å². The Bertz CT molecular complexity index is 405. The van der Waals surface area contributed by atoms with Crippen LogP contribution in [0.4, 0.5) is 0 Å². The molecule has 1 unspecified atom stereocenters. The number of hydrogen-bond donors (Lipinski definition) is 1. The van der Waals surface area contributed by atoms with Crippen molar-refractivity contribution in [2.45, 2.75) is 45.2 Å². The highest BCUT2D eigenvalue weighted by Crippen LogP contribution is 2.29. The van der Waals surface area contributed by atoms with E-state index in [-0.39, 0.29) is 0 Å². The highest BCUT2D eigenvalue weighted by atomic mass is 16.5. The summed E-state index contributed by atoms with van der Waals surface area (Å²) in [4.78, 5) is 4.84. The van der Waals surface area contributed by atoms with Gasteiger partial charge in [0.15, 0.2) is 0 Å². The van der Waals surface area contributed by atoms with Crippen molar-refractivity contribution >= 4 is 0 Å². The summed E-state index contributed by atoms with van der Waals surface area (Å²) >= 11 is 0. The number of nitrogens with one attached hydrogen (secondary N) is 1. The second kappa shape index (κ2) is 4.42. The Labute approximate surface area is 102 Å². The molecule has 17 heavy (non-hydrogen) atoms. The van der Waals surface area contributed by atoms with Crippen molar-refractivity contribution in [2.24, 2.45) is 0 Å². The van der Waals surface area contributed by atoms with Gasteiger partial charge in [-0.15, -0.1) is 0 Å². The molecule has 0 aromatic carbocycles. The zero-order valence-corrected chi connectivity index (χ0v) is 10.7. The Hall–Kier alpha value is -0.870. The lowest BCUT2D eigenvalue weighted by atomic mass is 10.1. The van der Waals surface area contributed by atoms with E-state index in [9.17, 15) is 0 Å². The fourth-order valence-electron chi connectivity index (χ4n) is 2.89. The van der Waals surface area contributed by atoms with Crippen LogP contribution in [-0.2, 0) is 17.7 Å². The minimum Gasteiger partial charge on any atom is -0.379 e. The zero-order chi connectivity index (χ0) is 11.8. The molecule has 3 rings (SSSR count). The maximum atomic E-state index is 5.54. The molecule has 2 aliphatic heterocycles. The Morgan fingerprint density at radius 2 is 2.35 bits per heavy atom. The topological polar surface area (TPSA) is 39.1 Å². The first kappa shape index (κ1) is 11.2. The molecule has 0 bridgehead atoms. The summed E-state index contributed by atoms with van der Waals surface area (Å²) in [6, 6.07) is 0.516. The fourth-order valence-corrected chi connectivity index (χ4v) is 2.89. The SMILES string of the molecule is CC(C)c1nc2c(n1C1CCOC1)CCNC2. The minimum absolute atomic E-state index is 0.487. The van der Waals surface area contributed by atoms with Crippen LogP contribution < -0.4 is 5.32 Å². The average molecular weight is 235 g/mol. The van der Waals surface area contributed by atoms with Crippen LogP contribution in [0.1, 0.15) is 49.4 Å². The van der Waals surface area contributed by atoms with Crippen LogP contribution in [0.15, 0.2) is 0 Å². The first-order valence-electron chi connectivity index (χ1n) is 6.65. The Morgan fingerprint density at radius 1 is 1.47 bits per heavy atom. The van der Waals surface area contributed by atoms with E-state index in [4.69, 9.17) is 9.72 Å². The van der Waals surface area contributed by atoms with E-state index >= 15 is 0 Å². The van der Waals surface area contributed by atoms with Crippen molar-refractivity contribution in [3.05, 3.63) is 17.2 Å². The standard InChI is InChI=1S/C13H21N3O/c1-9(2)13-15-11-7-14-5-3-12(11)16(13)10-4-6-17-8-10/h9-10,14H,3-8H2,1-2H3. The minimum atomic E-state index is 0.487. The van der Waals surface area contributed by atoms with Crippen molar-refractivity contribution in [1.82, 2.24) is 14.9 Å². The Morgan fingerprint density at radius 3 is 3.06 bits per heavy atom. The third kappa shape index (κ3) is 1.89. The molecule has 4 nitrogen and oxygen atoms in total. The number of hydrogen-bond acceptors (Lipinski definition) is 3. The van der Waals surface area contributed by atoms with Gasteiger partial charge in [0.1, 0.15) is 5.82 Å². The van der Waals surface area contributed by atoms with Crippen molar-refractivity contribution in [1.29, 1.82) is 0 Å². The molecule has 1 fully saturated rings. The van der Waals surface area contributed by atoms with Crippen LogP contribution in [0, 0.1) is 0 Å². The predicted molar refractivity (Wildman–Crippen MR) is 66.2 cm³/mol. The molecule has 0 radical (unpaired) electrons. The summed E-state index contributed by atoms with van der Waals surface area (Å²) in [6.07, 6.45) is 2.24. The highest BCUT2D eigenvalue weighted by Gasteiger charge is 2.28. The van der Waals surface area contributed by atoms with Gasteiger partial charge in [-0.25, -0.2) is 4.98 Å². The van der Waals surface area contributed by atoms with Crippen LogP contribution in [0.5, 0.6) is 0 Å². The van der Waals surface area contributed by atoms with Gasteiger partial charge < -0.3 is 14.6 Å². The quantitative estimate of drug-likeness (QED) is 0.846. The molecule has 1 N–H and O–H groups in total. The van der Waals surface area contributed by atoms with Gasteiger partial charge >= 0.3 is 0 Å². The fraction of sp³-hybridized carbons (Fsp3) is 0.769. The average Bonchev–Trinajstić information content (AvgIpc) is 2.94. The molecule has 0 amide bonds. The normalized spacial score (nSPS) is 24.3. The zero-order valence-electron chi connectivity index (χ0n) is 10.7. The molecular weight excluding hydrogens is 214 g/mol. The van der Waals surface area contributed by atoms with E-state index in [1.807, 2.05) is 0 Å². The van der Waals surface area contributed by atoms with Crippen LogP contribution in [0.25, 0.3) is 0 Å². The molecule has 1 aromatic rings. The van der Waals surface area contributed by atoms with Crippen molar-refractivity contribution in [3.63, 3.8) is 0 Å². The number of imidazole rings is 1. The van der Waals surface area contributed by atoms with Gasteiger partial charge in [0.25, 0.3) is 0 Å². The molecule has 3 heterocycles. The number of ether oxygens (including phenoxy) is 1. The van der Waals surface area contributed by atoms with Crippen LogP contribution in [0.3, 0.4) is 0 Å². The third-order valence-corrected chi connectivity index (χ3v) is 3.74. The maximum absolute atomic E-state index is 5.54. The number of aromatic nitrogens is 2. The predicted octanol–water partition coefficient (Wildman–Crippen LogP) is 1.61. The van der Waals surface area contributed by atoms with Crippen molar-refractivity contribution in [2.75, 3.05) is 19.8 Å². The summed E-state index contributed by atoms with van der Waals surface area (Å²) in [5.41, 5.74) is 2.70. The van der Waals surface area contributed by atoms with Gasteiger partial charge in [-0.05, 0) is 6.42 Å². The van der Waals surface area contributed by atoms with E-state index in [1.165, 1.54) is 17.2 Å². The molecule has 1 atom stereocenters. The number of nitrogens with zero attached hydrogens (tertiary/aromatic N) is 2. The van der Waals surface area contributed by atoms with Crippen molar-refractivity contribution in [3.8, 4) is 0 Å². The van der Waals surface area contributed by atoms with E-state index in [1.54, 1.807) is 0 Å². The first-order valence-corrected chi connectivity index (χ1v) is 6.65. The molecule has 2 aliphatic rings. The summed E-state index contributed by atoms with van der Waals surface area (Å²) < 4.78 is 8.02. The van der Waals surface area contributed by atoms with Gasteiger partial charge in [0.05, 0.1) is 18.3 Å². The van der Waals surface area contributed by atoms with Crippen LogP contribution in [0.2, 0.25) is 0 Å². The maximum Gasteiger partial charge on any atom is 0.112 e. The molecule has 94 valence electrons. The summed E-state index contributed by atoms with van der Waals surface area (Å²) in [6.45, 7) is 8.21. The van der Waals surface area contributed by atoms with E-state index in [0.29, 0.717) is 12.0 Å². The first-order chi connectivity index (χ1) is 8.27. The highest BCUT2D eigenvalue weighted by molar-refractivity contribution is 5.23. The van der Waals surface area contributed by atoms with Crippen LogP contribution >= 0.6 is 0 Å². The molecule has 0 spiro atoms.